The van der Waals surface area contributed by atoms with Crippen molar-refractivity contribution in [3.05, 3.63) is 51.9 Å². The van der Waals surface area contributed by atoms with Crippen molar-refractivity contribution in [2.75, 3.05) is 0 Å². The minimum atomic E-state index is -0.575. The average Bonchev–Trinajstić information content (AvgIpc) is 2.75. The molecule has 0 aliphatic heterocycles. The second-order valence-corrected chi connectivity index (χ2v) is 4.26. The summed E-state index contributed by atoms with van der Waals surface area (Å²) in [5, 5.41) is 0.356. The molecule has 0 spiro atoms. The standard InChI is InChI=1S/C11H6BrClO3/c12-7-3-4-9(8(13)6-7)16-11(14)10-2-1-5-15-10/h1-6H. The van der Waals surface area contributed by atoms with Crippen LogP contribution in [0.3, 0.4) is 0 Å². The van der Waals surface area contributed by atoms with Gasteiger partial charge in [0.2, 0.25) is 5.76 Å². The summed E-state index contributed by atoms with van der Waals surface area (Å²) in [5.74, 6) is -0.139. The summed E-state index contributed by atoms with van der Waals surface area (Å²) in [7, 11) is 0. The van der Waals surface area contributed by atoms with Gasteiger partial charge in [0.25, 0.3) is 0 Å². The normalized spacial score (nSPS) is 10.1. The Morgan fingerprint density at radius 2 is 2.19 bits per heavy atom. The van der Waals surface area contributed by atoms with E-state index >= 15 is 0 Å². The van der Waals surface area contributed by atoms with E-state index in [9.17, 15) is 4.79 Å². The van der Waals surface area contributed by atoms with E-state index in [1.165, 1.54) is 12.3 Å². The number of carbonyl (C=O) groups excluding carboxylic acids is 1. The molecule has 1 aromatic carbocycles. The lowest BCUT2D eigenvalue weighted by atomic mass is 10.3. The second-order valence-electron chi connectivity index (χ2n) is 2.94. The van der Waals surface area contributed by atoms with Crippen molar-refractivity contribution in [2.45, 2.75) is 0 Å². The molecule has 0 radical (unpaired) electrons. The summed E-state index contributed by atoms with van der Waals surface area (Å²) in [6, 6.07) is 8.12. The molecular weight excluding hydrogens is 295 g/mol. The van der Waals surface area contributed by atoms with E-state index in [1.807, 2.05) is 0 Å². The Kier molecular flexibility index (Phi) is 3.31. The number of carbonyl (C=O) groups is 1. The van der Waals surface area contributed by atoms with Crippen LogP contribution >= 0.6 is 27.5 Å². The highest BCUT2D eigenvalue weighted by Crippen LogP contribution is 2.28. The van der Waals surface area contributed by atoms with Gasteiger partial charge in [-0.05, 0) is 30.3 Å². The van der Waals surface area contributed by atoms with E-state index in [0.29, 0.717) is 10.8 Å². The van der Waals surface area contributed by atoms with E-state index in [0.717, 1.165) is 4.47 Å². The van der Waals surface area contributed by atoms with E-state index < -0.39 is 5.97 Å². The first-order valence-electron chi connectivity index (χ1n) is 4.37. The number of hydrogen-bond donors (Lipinski definition) is 0. The van der Waals surface area contributed by atoms with Crippen LogP contribution in [0.2, 0.25) is 5.02 Å². The Balaban J connectivity index is 2.18. The molecule has 82 valence electrons. The monoisotopic (exact) mass is 300 g/mol. The largest absolute Gasteiger partial charge is 0.457 e. The maximum absolute atomic E-state index is 11.5. The summed E-state index contributed by atoms with van der Waals surface area (Å²) < 4.78 is 10.8. The SMILES string of the molecule is O=C(Oc1ccc(Br)cc1Cl)c1ccco1. The van der Waals surface area contributed by atoms with E-state index in [-0.39, 0.29) is 5.76 Å². The highest BCUT2D eigenvalue weighted by atomic mass is 79.9. The summed E-state index contributed by atoms with van der Waals surface area (Å²) in [6.07, 6.45) is 1.40. The van der Waals surface area contributed by atoms with Gasteiger partial charge >= 0.3 is 5.97 Å². The van der Waals surface area contributed by atoms with Gasteiger partial charge in [-0.1, -0.05) is 27.5 Å². The van der Waals surface area contributed by atoms with Gasteiger partial charge in [-0.2, -0.15) is 0 Å². The summed E-state index contributed by atoms with van der Waals surface area (Å²) >= 11 is 9.15. The highest BCUT2D eigenvalue weighted by molar-refractivity contribution is 9.10. The van der Waals surface area contributed by atoms with Crippen molar-refractivity contribution in [2.24, 2.45) is 0 Å². The molecule has 2 aromatic rings. The summed E-state index contributed by atoms with van der Waals surface area (Å²) in [5.41, 5.74) is 0. The van der Waals surface area contributed by atoms with E-state index in [1.54, 1.807) is 24.3 Å². The van der Waals surface area contributed by atoms with Crippen LogP contribution in [-0.4, -0.2) is 5.97 Å². The number of furan rings is 1. The second kappa shape index (κ2) is 4.72. The van der Waals surface area contributed by atoms with Gasteiger partial charge < -0.3 is 9.15 Å². The third-order valence-corrected chi connectivity index (χ3v) is 2.61. The molecule has 5 heteroatoms. The molecule has 0 aliphatic rings. The number of rotatable bonds is 2. The van der Waals surface area contributed by atoms with Gasteiger partial charge in [-0.25, -0.2) is 4.79 Å². The number of hydrogen-bond acceptors (Lipinski definition) is 3. The third kappa shape index (κ3) is 2.46. The fourth-order valence-corrected chi connectivity index (χ4v) is 1.81. The Bertz CT molecular complexity index is 508. The molecule has 3 nitrogen and oxygen atoms in total. The zero-order chi connectivity index (χ0) is 11.5. The smallest absolute Gasteiger partial charge is 0.379 e. The molecule has 0 fully saturated rings. The Labute approximate surface area is 105 Å². The van der Waals surface area contributed by atoms with Gasteiger partial charge in [-0.15, -0.1) is 0 Å². The minimum Gasteiger partial charge on any atom is -0.457 e. The molecule has 0 amide bonds. The molecule has 0 aliphatic carbocycles. The number of benzene rings is 1. The Morgan fingerprint density at radius 3 is 2.81 bits per heavy atom. The fraction of sp³-hybridized carbons (Fsp3) is 0. The fourth-order valence-electron chi connectivity index (χ4n) is 1.10. The van der Waals surface area contributed by atoms with Gasteiger partial charge in [0, 0.05) is 4.47 Å². The minimum absolute atomic E-state index is 0.138. The van der Waals surface area contributed by atoms with Gasteiger partial charge in [0.15, 0.2) is 0 Å². The van der Waals surface area contributed by atoms with Crippen molar-refractivity contribution < 1.29 is 13.9 Å². The van der Waals surface area contributed by atoms with Crippen molar-refractivity contribution >= 4 is 33.5 Å². The predicted molar refractivity (Wildman–Crippen MR) is 62.8 cm³/mol. The number of esters is 1. The molecule has 0 saturated heterocycles. The lowest BCUT2D eigenvalue weighted by Gasteiger charge is -2.04. The molecular formula is C11H6BrClO3. The Hall–Kier alpha value is -1.26. The van der Waals surface area contributed by atoms with E-state index in [2.05, 4.69) is 15.9 Å². The predicted octanol–water partition coefficient (Wildman–Crippen LogP) is 3.91. The van der Waals surface area contributed by atoms with Crippen LogP contribution in [-0.2, 0) is 0 Å². The topological polar surface area (TPSA) is 39.4 Å². The molecule has 0 unspecified atom stereocenters. The number of halogens is 2. The maximum atomic E-state index is 11.5. The van der Waals surface area contributed by atoms with Crippen LogP contribution in [0, 0.1) is 0 Å². The average molecular weight is 302 g/mol. The van der Waals surface area contributed by atoms with Crippen molar-refractivity contribution in [3.8, 4) is 5.75 Å². The van der Waals surface area contributed by atoms with Crippen molar-refractivity contribution in [1.29, 1.82) is 0 Å². The first kappa shape index (κ1) is 11.2. The number of ether oxygens (including phenoxy) is 1. The molecule has 2 rings (SSSR count). The Morgan fingerprint density at radius 1 is 1.38 bits per heavy atom. The first-order valence-corrected chi connectivity index (χ1v) is 5.54. The maximum Gasteiger partial charge on any atom is 0.379 e. The van der Waals surface area contributed by atoms with Crippen LogP contribution in [0.25, 0.3) is 0 Å². The molecule has 1 heterocycles. The van der Waals surface area contributed by atoms with Crippen LogP contribution in [0.5, 0.6) is 5.75 Å². The summed E-state index contributed by atoms with van der Waals surface area (Å²) in [6.45, 7) is 0. The van der Waals surface area contributed by atoms with Crippen LogP contribution < -0.4 is 4.74 Å². The zero-order valence-electron chi connectivity index (χ0n) is 7.94. The van der Waals surface area contributed by atoms with Gasteiger partial charge in [-0.3, -0.25) is 0 Å². The van der Waals surface area contributed by atoms with E-state index in [4.69, 9.17) is 20.8 Å². The van der Waals surface area contributed by atoms with Gasteiger partial charge in [0.05, 0.1) is 11.3 Å². The molecule has 0 N–H and O–H groups in total. The van der Waals surface area contributed by atoms with Crippen LogP contribution in [0.15, 0.2) is 45.5 Å². The molecule has 0 atom stereocenters. The quantitative estimate of drug-likeness (QED) is 0.623. The first-order chi connectivity index (χ1) is 7.66. The highest BCUT2D eigenvalue weighted by Gasteiger charge is 2.13. The van der Waals surface area contributed by atoms with Crippen molar-refractivity contribution in [1.82, 2.24) is 0 Å². The lowest BCUT2D eigenvalue weighted by molar-refractivity contribution is 0.0701. The van der Waals surface area contributed by atoms with Crippen LogP contribution in [0.4, 0.5) is 0 Å². The molecule has 0 saturated carbocycles. The molecule has 0 bridgehead atoms. The lowest BCUT2D eigenvalue weighted by Crippen LogP contribution is -2.07. The summed E-state index contributed by atoms with van der Waals surface area (Å²) in [4.78, 5) is 11.5. The van der Waals surface area contributed by atoms with Crippen molar-refractivity contribution in [3.63, 3.8) is 0 Å². The third-order valence-electron chi connectivity index (χ3n) is 1.82. The molecule has 1 aromatic heterocycles. The van der Waals surface area contributed by atoms with Crippen LogP contribution in [0.1, 0.15) is 10.6 Å². The van der Waals surface area contributed by atoms with Gasteiger partial charge in [0.1, 0.15) is 5.75 Å². The zero-order valence-corrected chi connectivity index (χ0v) is 10.3. The molecule has 16 heavy (non-hydrogen) atoms.